The Balaban J connectivity index is 1.68. The van der Waals surface area contributed by atoms with Gasteiger partial charge in [0.1, 0.15) is 0 Å². The van der Waals surface area contributed by atoms with Gasteiger partial charge >= 0.3 is 5.97 Å². The third-order valence-corrected chi connectivity index (χ3v) is 4.68. The Bertz CT molecular complexity index is 412. The molecular weight excluding hydrogens is 272 g/mol. The van der Waals surface area contributed by atoms with Gasteiger partial charge in [0.25, 0.3) is 0 Å². The van der Waals surface area contributed by atoms with Gasteiger partial charge in [0.15, 0.2) is 0 Å². The summed E-state index contributed by atoms with van der Waals surface area (Å²) in [6.45, 7) is -0.0645. The summed E-state index contributed by atoms with van der Waals surface area (Å²) in [4.78, 5) is 34.7. The maximum Gasteiger partial charge on any atom is 0.310 e. The molecule has 21 heavy (non-hydrogen) atoms. The predicted molar refractivity (Wildman–Crippen MR) is 76.6 cm³/mol. The second kappa shape index (κ2) is 6.91. The van der Waals surface area contributed by atoms with Crippen LogP contribution >= 0.6 is 0 Å². The van der Waals surface area contributed by atoms with E-state index in [2.05, 4.69) is 10.6 Å². The second-order valence-electron chi connectivity index (χ2n) is 6.29. The summed E-state index contributed by atoms with van der Waals surface area (Å²) in [5, 5.41) is 14.6. The van der Waals surface area contributed by atoms with Crippen LogP contribution in [-0.2, 0) is 14.4 Å². The maximum atomic E-state index is 11.8. The highest BCUT2D eigenvalue weighted by Crippen LogP contribution is 2.44. The third kappa shape index (κ3) is 4.19. The van der Waals surface area contributed by atoms with Crippen LogP contribution < -0.4 is 10.6 Å². The van der Waals surface area contributed by atoms with Crippen molar-refractivity contribution in [1.29, 1.82) is 0 Å². The van der Waals surface area contributed by atoms with Crippen LogP contribution in [-0.4, -0.2) is 35.5 Å². The number of carbonyl (C=O) groups excluding carboxylic acids is 2. The molecule has 2 saturated carbocycles. The topological polar surface area (TPSA) is 95.5 Å². The van der Waals surface area contributed by atoms with Gasteiger partial charge in [-0.25, -0.2) is 0 Å². The molecule has 118 valence electrons. The molecule has 0 heterocycles. The second-order valence-corrected chi connectivity index (χ2v) is 6.29. The molecule has 0 aromatic carbocycles. The number of aliphatic carboxylic acids is 1. The number of rotatable bonds is 6. The van der Waals surface area contributed by atoms with Crippen molar-refractivity contribution < 1.29 is 19.5 Å². The lowest BCUT2D eigenvalue weighted by Gasteiger charge is -2.36. The van der Waals surface area contributed by atoms with E-state index in [1.807, 2.05) is 0 Å². The van der Waals surface area contributed by atoms with Gasteiger partial charge in [-0.3, -0.25) is 14.4 Å². The Hall–Kier alpha value is -1.59. The van der Waals surface area contributed by atoms with Gasteiger partial charge in [-0.15, -0.1) is 0 Å². The van der Waals surface area contributed by atoms with E-state index < -0.39 is 11.4 Å². The first kappa shape index (κ1) is 15.8. The maximum absolute atomic E-state index is 11.8. The van der Waals surface area contributed by atoms with E-state index in [0.29, 0.717) is 12.8 Å². The van der Waals surface area contributed by atoms with Gasteiger partial charge < -0.3 is 15.7 Å². The lowest BCUT2D eigenvalue weighted by Crippen LogP contribution is -2.46. The number of carbonyl (C=O) groups is 3. The molecule has 0 aromatic heterocycles. The SMILES string of the molecule is O=C(CC1(C(=O)O)CCC1)NCC(=O)NC1CCCCC1. The van der Waals surface area contributed by atoms with Crippen LogP contribution in [0.25, 0.3) is 0 Å². The fourth-order valence-electron chi connectivity index (χ4n) is 3.14. The highest BCUT2D eigenvalue weighted by atomic mass is 16.4. The largest absolute Gasteiger partial charge is 0.481 e. The minimum atomic E-state index is -0.907. The van der Waals surface area contributed by atoms with Crippen molar-refractivity contribution in [2.24, 2.45) is 5.41 Å². The van der Waals surface area contributed by atoms with Gasteiger partial charge in [0.05, 0.1) is 12.0 Å². The zero-order chi connectivity index (χ0) is 15.3. The van der Waals surface area contributed by atoms with E-state index in [-0.39, 0.29) is 30.8 Å². The minimum absolute atomic E-state index is 0.0287. The molecule has 0 atom stereocenters. The zero-order valence-electron chi connectivity index (χ0n) is 12.3. The summed E-state index contributed by atoms with van der Waals surface area (Å²) in [6, 6.07) is 0.222. The zero-order valence-corrected chi connectivity index (χ0v) is 12.3. The van der Waals surface area contributed by atoms with Crippen LogP contribution in [0.3, 0.4) is 0 Å². The third-order valence-electron chi connectivity index (χ3n) is 4.68. The Kier molecular flexibility index (Phi) is 5.20. The van der Waals surface area contributed by atoms with Crippen molar-refractivity contribution in [2.45, 2.75) is 63.8 Å². The van der Waals surface area contributed by atoms with Gasteiger partial charge in [-0.2, -0.15) is 0 Å². The van der Waals surface area contributed by atoms with Crippen molar-refractivity contribution in [3.63, 3.8) is 0 Å². The molecule has 0 saturated heterocycles. The van der Waals surface area contributed by atoms with Crippen molar-refractivity contribution in [3.8, 4) is 0 Å². The summed E-state index contributed by atoms with van der Waals surface area (Å²) in [7, 11) is 0. The summed E-state index contributed by atoms with van der Waals surface area (Å²) in [5.74, 6) is -1.44. The molecule has 0 spiro atoms. The van der Waals surface area contributed by atoms with E-state index >= 15 is 0 Å². The Labute approximate surface area is 124 Å². The van der Waals surface area contributed by atoms with Crippen molar-refractivity contribution in [1.82, 2.24) is 10.6 Å². The van der Waals surface area contributed by atoms with Crippen molar-refractivity contribution >= 4 is 17.8 Å². The van der Waals surface area contributed by atoms with Gasteiger partial charge in [-0.1, -0.05) is 25.7 Å². The highest BCUT2D eigenvalue weighted by molar-refractivity contribution is 5.88. The van der Waals surface area contributed by atoms with Crippen LogP contribution in [0.5, 0.6) is 0 Å². The molecular formula is C15H24N2O4. The smallest absolute Gasteiger partial charge is 0.310 e. The van der Waals surface area contributed by atoms with Gasteiger partial charge in [0.2, 0.25) is 11.8 Å². The monoisotopic (exact) mass is 296 g/mol. The molecule has 6 heteroatoms. The molecule has 2 aliphatic carbocycles. The van der Waals surface area contributed by atoms with E-state index in [0.717, 1.165) is 32.1 Å². The van der Waals surface area contributed by atoms with Gasteiger partial charge in [-0.05, 0) is 25.7 Å². The molecule has 2 aliphatic rings. The van der Waals surface area contributed by atoms with Gasteiger partial charge in [0, 0.05) is 12.5 Å². The molecule has 2 rings (SSSR count). The number of carboxylic acid groups (broad SMARTS) is 1. The van der Waals surface area contributed by atoms with Crippen LogP contribution in [0, 0.1) is 5.41 Å². The molecule has 0 aromatic rings. The molecule has 0 bridgehead atoms. The summed E-state index contributed by atoms with van der Waals surface area (Å²) in [5.41, 5.74) is -0.899. The number of carboxylic acids is 1. The van der Waals surface area contributed by atoms with Crippen molar-refractivity contribution in [3.05, 3.63) is 0 Å². The Morgan fingerprint density at radius 2 is 1.67 bits per heavy atom. The Morgan fingerprint density at radius 3 is 2.19 bits per heavy atom. The van der Waals surface area contributed by atoms with E-state index in [4.69, 9.17) is 5.11 Å². The first-order valence-corrected chi connectivity index (χ1v) is 7.81. The standard InChI is InChI=1S/C15H24N2O4/c18-12(9-15(14(20)21)7-4-8-15)16-10-13(19)17-11-5-2-1-3-6-11/h11H,1-10H2,(H,16,18)(H,17,19)(H,20,21). The van der Waals surface area contributed by atoms with Crippen LogP contribution in [0.1, 0.15) is 57.8 Å². The highest BCUT2D eigenvalue weighted by Gasteiger charge is 2.45. The molecule has 0 radical (unpaired) electrons. The van der Waals surface area contributed by atoms with Crippen LogP contribution in [0.15, 0.2) is 0 Å². The predicted octanol–water partition coefficient (Wildman–Crippen LogP) is 1.20. The molecule has 3 N–H and O–H groups in total. The van der Waals surface area contributed by atoms with E-state index in [1.54, 1.807) is 0 Å². The summed E-state index contributed by atoms with van der Waals surface area (Å²) < 4.78 is 0. The van der Waals surface area contributed by atoms with Crippen molar-refractivity contribution in [2.75, 3.05) is 6.54 Å². The fourth-order valence-corrected chi connectivity index (χ4v) is 3.14. The first-order valence-electron chi connectivity index (χ1n) is 7.81. The molecule has 0 unspecified atom stereocenters. The number of hydrogen-bond donors (Lipinski definition) is 3. The average molecular weight is 296 g/mol. The lowest BCUT2D eigenvalue weighted by molar-refractivity contribution is -0.157. The fraction of sp³-hybridized carbons (Fsp3) is 0.800. The normalized spacial score (nSPS) is 21.1. The molecule has 2 fully saturated rings. The summed E-state index contributed by atoms with van der Waals surface area (Å²) in [6.07, 6.45) is 7.41. The van der Waals surface area contributed by atoms with E-state index in [9.17, 15) is 14.4 Å². The quantitative estimate of drug-likeness (QED) is 0.686. The first-order chi connectivity index (χ1) is 10.0. The van der Waals surface area contributed by atoms with E-state index in [1.165, 1.54) is 6.42 Å². The molecule has 0 aliphatic heterocycles. The lowest BCUT2D eigenvalue weighted by atomic mass is 9.66. The summed E-state index contributed by atoms with van der Waals surface area (Å²) >= 11 is 0. The van der Waals surface area contributed by atoms with Crippen LogP contribution in [0.4, 0.5) is 0 Å². The number of hydrogen-bond acceptors (Lipinski definition) is 3. The number of nitrogens with one attached hydrogen (secondary N) is 2. The Morgan fingerprint density at radius 1 is 1.00 bits per heavy atom. The molecule has 2 amide bonds. The minimum Gasteiger partial charge on any atom is -0.481 e. The van der Waals surface area contributed by atoms with Crippen LogP contribution in [0.2, 0.25) is 0 Å². The number of amides is 2. The average Bonchev–Trinajstić information content (AvgIpc) is 2.41. The molecule has 6 nitrogen and oxygen atoms in total.